The zero-order valence-corrected chi connectivity index (χ0v) is 17.5. The van der Waals surface area contributed by atoms with Crippen molar-refractivity contribution in [3.63, 3.8) is 0 Å². The highest BCUT2D eigenvalue weighted by molar-refractivity contribution is 5.84. The van der Waals surface area contributed by atoms with Crippen molar-refractivity contribution in [2.75, 3.05) is 32.2 Å². The molecule has 0 aliphatic rings. The summed E-state index contributed by atoms with van der Waals surface area (Å²) in [6, 6.07) is 17.9. The number of carbonyl (C=O) groups excluding carboxylic acids is 1. The van der Waals surface area contributed by atoms with Crippen molar-refractivity contribution in [3.8, 4) is 17.0 Å². The van der Waals surface area contributed by atoms with Crippen LogP contribution in [0.4, 0.5) is 10.5 Å². The van der Waals surface area contributed by atoms with Crippen molar-refractivity contribution in [3.05, 3.63) is 76.6 Å². The van der Waals surface area contributed by atoms with Gasteiger partial charge in [0.05, 0.1) is 25.5 Å². The first-order valence-electron chi connectivity index (χ1n) is 9.92. The summed E-state index contributed by atoms with van der Waals surface area (Å²) in [6.45, 7) is 3.29. The number of methoxy groups -OCH3 is 1. The standard InChI is InChI=1S/C23H25N3O5/c1-3-30-23(28)24-19-6-4-5-17(15-19)16-26-22(27)12-11-21(25-26)18-7-9-20(10-8-18)31-14-13-29-2/h4-12,15H,3,13-14,16H2,1-2H3,(H,24,28). The second-order valence-electron chi connectivity index (χ2n) is 6.63. The van der Waals surface area contributed by atoms with Crippen LogP contribution in [0.5, 0.6) is 5.75 Å². The van der Waals surface area contributed by atoms with Gasteiger partial charge >= 0.3 is 6.09 Å². The zero-order chi connectivity index (χ0) is 22.1. The summed E-state index contributed by atoms with van der Waals surface area (Å²) in [5.41, 5.74) is 2.73. The molecule has 31 heavy (non-hydrogen) atoms. The van der Waals surface area contributed by atoms with E-state index in [1.807, 2.05) is 30.3 Å². The Hall–Kier alpha value is -3.65. The molecule has 1 aromatic heterocycles. The van der Waals surface area contributed by atoms with Gasteiger partial charge in [-0.15, -0.1) is 0 Å². The number of ether oxygens (including phenoxy) is 3. The Morgan fingerprint density at radius 3 is 2.61 bits per heavy atom. The van der Waals surface area contributed by atoms with Crippen molar-refractivity contribution in [2.24, 2.45) is 0 Å². The predicted octanol–water partition coefficient (Wildman–Crippen LogP) is 3.55. The molecule has 0 radical (unpaired) electrons. The highest BCUT2D eigenvalue weighted by atomic mass is 16.5. The van der Waals surface area contributed by atoms with Gasteiger partial charge in [-0.2, -0.15) is 5.10 Å². The largest absolute Gasteiger partial charge is 0.491 e. The van der Waals surface area contributed by atoms with Gasteiger partial charge in [-0.1, -0.05) is 12.1 Å². The van der Waals surface area contributed by atoms with Crippen LogP contribution < -0.4 is 15.6 Å². The van der Waals surface area contributed by atoms with Gasteiger partial charge in [-0.25, -0.2) is 9.48 Å². The maximum absolute atomic E-state index is 12.3. The highest BCUT2D eigenvalue weighted by Crippen LogP contribution is 2.20. The van der Waals surface area contributed by atoms with E-state index >= 15 is 0 Å². The third-order valence-electron chi connectivity index (χ3n) is 4.35. The molecule has 1 amide bonds. The minimum atomic E-state index is -0.522. The number of rotatable bonds is 9. The Labute approximate surface area is 180 Å². The summed E-state index contributed by atoms with van der Waals surface area (Å²) in [7, 11) is 1.63. The SMILES string of the molecule is CCOC(=O)Nc1cccc(Cn2nc(-c3ccc(OCCOC)cc3)ccc2=O)c1. The average molecular weight is 423 g/mol. The van der Waals surface area contributed by atoms with Crippen LogP contribution in [0.15, 0.2) is 65.5 Å². The maximum atomic E-state index is 12.3. The smallest absolute Gasteiger partial charge is 0.411 e. The molecule has 0 saturated carbocycles. The molecule has 0 spiro atoms. The van der Waals surface area contributed by atoms with Crippen LogP contribution in [0.25, 0.3) is 11.3 Å². The van der Waals surface area contributed by atoms with E-state index in [4.69, 9.17) is 14.2 Å². The normalized spacial score (nSPS) is 10.5. The van der Waals surface area contributed by atoms with E-state index in [2.05, 4.69) is 10.4 Å². The minimum Gasteiger partial charge on any atom is -0.491 e. The van der Waals surface area contributed by atoms with E-state index in [1.54, 1.807) is 38.3 Å². The summed E-state index contributed by atoms with van der Waals surface area (Å²) >= 11 is 0. The molecule has 0 unspecified atom stereocenters. The molecule has 3 rings (SSSR count). The van der Waals surface area contributed by atoms with E-state index in [0.29, 0.717) is 24.6 Å². The van der Waals surface area contributed by atoms with Crippen LogP contribution in [-0.2, 0) is 16.0 Å². The first kappa shape index (κ1) is 22.0. The van der Waals surface area contributed by atoms with E-state index < -0.39 is 6.09 Å². The van der Waals surface area contributed by atoms with Gasteiger partial charge in [0.15, 0.2) is 0 Å². The summed E-state index contributed by atoms with van der Waals surface area (Å²) in [4.78, 5) is 24.0. The Kier molecular flexibility index (Phi) is 7.78. The molecule has 1 N–H and O–H groups in total. The number of nitrogens with zero attached hydrogens (tertiary/aromatic N) is 2. The van der Waals surface area contributed by atoms with Gasteiger partial charge < -0.3 is 14.2 Å². The number of nitrogens with one attached hydrogen (secondary N) is 1. The first-order valence-corrected chi connectivity index (χ1v) is 9.92. The predicted molar refractivity (Wildman–Crippen MR) is 117 cm³/mol. The van der Waals surface area contributed by atoms with E-state index in [-0.39, 0.29) is 18.7 Å². The van der Waals surface area contributed by atoms with Crippen LogP contribution in [0, 0.1) is 0 Å². The summed E-state index contributed by atoms with van der Waals surface area (Å²) in [5.74, 6) is 0.736. The number of carbonyl (C=O) groups is 1. The Balaban J connectivity index is 1.74. The molecular weight excluding hydrogens is 398 g/mol. The van der Waals surface area contributed by atoms with Gasteiger partial charge in [0.2, 0.25) is 0 Å². The molecule has 162 valence electrons. The van der Waals surface area contributed by atoms with E-state index in [0.717, 1.165) is 16.9 Å². The minimum absolute atomic E-state index is 0.216. The quantitative estimate of drug-likeness (QED) is 0.529. The molecule has 1 heterocycles. The fraction of sp³-hybridized carbons (Fsp3) is 0.261. The molecule has 0 saturated heterocycles. The summed E-state index contributed by atoms with van der Waals surface area (Å²) < 4.78 is 16.8. The second kappa shape index (κ2) is 10.9. The summed E-state index contributed by atoms with van der Waals surface area (Å²) in [5, 5.41) is 7.15. The molecular formula is C23H25N3O5. The second-order valence-corrected chi connectivity index (χ2v) is 6.63. The maximum Gasteiger partial charge on any atom is 0.411 e. The van der Waals surface area contributed by atoms with Crippen molar-refractivity contribution in [2.45, 2.75) is 13.5 Å². The van der Waals surface area contributed by atoms with E-state index in [9.17, 15) is 9.59 Å². The lowest BCUT2D eigenvalue weighted by Gasteiger charge is -2.10. The number of hydrogen-bond acceptors (Lipinski definition) is 6. The van der Waals surface area contributed by atoms with Gasteiger partial charge in [-0.05, 0) is 55.0 Å². The highest BCUT2D eigenvalue weighted by Gasteiger charge is 2.07. The molecule has 0 bridgehead atoms. The van der Waals surface area contributed by atoms with Crippen LogP contribution in [0.2, 0.25) is 0 Å². The number of hydrogen-bond donors (Lipinski definition) is 1. The average Bonchev–Trinajstić information content (AvgIpc) is 2.76. The fourth-order valence-corrected chi connectivity index (χ4v) is 2.89. The molecule has 2 aromatic carbocycles. The summed E-state index contributed by atoms with van der Waals surface area (Å²) in [6.07, 6.45) is -0.522. The van der Waals surface area contributed by atoms with Crippen molar-refractivity contribution >= 4 is 11.8 Å². The molecule has 8 nitrogen and oxygen atoms in total. The monoisotopic (exact) mass is 423 g/mol. The third kappa shape index (κ3) is 6.42. The van der Waals surface area contributed by atoms with Crippen LogP contribution in [0.1, 0.15) is 12.5 Å². The molecule has 0 aliphatic carbocycles. The molecule has 8 heteroatoms. The molecule has 0 aliphatic heterocycles. The fourth-order valence-electron chi connectivity index (χ4n) is 2.89. The van der Waals surface area contributed by atoms with Crippen molar-refractivity contribution < 1.29 is 19.0 Å². The van der Waals surface area contributed by atoms with Crippen LogP contribution in [-0.4, -0.2) is 42.8 Å². The van der Waals surface area contributed by atoms with Crippen molar-refractivity contribution in [1.82, 2.24) is 9.78 Å². The number of anilines is 1. The Morgan fingerprint density at radius 1 is 1.06 bits per heavy atom. The molecule has 0 fully saturated rings. The van der Waals surface area contributed by atoms with Gasteiger partial charge in [0.1, 0.15) is 12.4 Å². The first-order chi connectivity index (χ1) is 15.1. The topological polar surface area (TPSA) is 91.7 Å². The Morgan fingerprint density at radius 2 is 1.87 bits per heavy atom. The van der Waals surface area contributed by atoms with Gasteiger partial charge in [0.25, 0.3) is 5.56 Å². The number of amides is 1. The lowest BCUT2D eigenvalue weighted by molar-refractivity contribution is 0.146. The van der Waals surface area contributed by atoms with Crippen LogP contribution in [0.3, 0.4) is 0 Å². The van der Waals surface area contributed by atoms with Gasteiger partial charge in [-0.3, -0.25) is 10.1 Å². The lowest BCUT2D eigenvalue weighted by atomic mass is 10.1. The molecule has 0 atom stereocenters. The van der Waals surface area contributed by atoms with Gasteiger partial charge in [0, 0.05) is 24.4 Å². The number of aromatic nitrogens is 2. The Bertz CT molecular complexity index is 1060. The lowest BCUT2D eigenvalue weighted by Crippen LogP contribution is -2.23. The number of benzene rings is 2. The third-order valence-corrected chi connectivity index (χ3v) is 4.35. The zero-order valence-electron chi connectivity index (χ0n) is 17.5. The van der Waals surface area contributed by atoms with Crippen molar-refractivity contribution in [1.29, 1.82) is 0 Å². The van der Waals surface area contributed by atoms with E-state index in [1.165, 1.54) is 10.7 Å². The van der Waals surface area contributed by atoms with Crippen LogP contribution >= 0.6 is 0 Å². The molecule has 3 aromatic rings.